The number of carbonyl (C=O) groups excluding carboxylic acids is 2. The summed E-state index contributed by atoms with van der Waals surface area (Å²) in [5, 5.41) is 8.13. The summed E-state index contributed by atoms with van der Waals surface area (Å²) in [4.78, 5) is 38.8. The number of furan rings is 1. The van der Waals surface area contributed by atoms with Gasteiger partial charge in [0.25, 0.3) is 5.91 Å². The number of carbonyl (C=O) groups is 2. The van der Waals surface area contributed by atoms with Crippen molar-refractivity contribution in [3.63, 3.8) is 0 Å². The minimum absolute atomic E-state index is 0.00528. The molecule has 0 bridgehead atoms. The van der Waals surface area contributed by atoms with Crippen LogP contribution in [0.5, 0.6) is 0 Å². The second-order valence-electron chi connectivity index (χ2n) is 9.21. The Hall–Kier alpha value is -4.05. The van der Waals surface area contributed by atoms with Gasteiger partial charge in [-0.05, 0) is 44.2 Å². The van der Waals surface area contributed by atoms with Crippen LogP contribution in [0, 0.1) is 0 Å². The quantitative estimate of drug-likeness (QED) is 0.426. The molecule has 5 rings (SSSR count). The summed E-state index contributed by atoms with van der Waals surface area (Å²) >= 11 is 0. The van der Waals surface area contributed by atoms with Crippen molar-refractivity contribution < 1.29 is 14.0 Å². The molecule has 5 heterocycles. The lowest BCUT2D eigenvalue weighted by atomic mass is 10.1. The van der Waals surface area contributed by atoms with E-state index in [1.807, 2.05) is 49.1 Å². The van der Waals surface area contributed by atoms with Gasteiger partial charge in [-0.15, -0.1) is 0 Å². The number of hydrogen-bond donors (Lipinski definition) is 1. The molecule has 0 saturated carbocycles. The van der Waals surface area contributed by atoms with Crippen molar-refractivity contribution in [1.29, 1.82) is 0 Å². The molecule has 186 valence electrons. The number of hydrogen-bond acceptors (Lipinski definition) is 7. The first-order chi connectivity index (χ1) is 17.5. The Morgan fingerprint density at radius 2 is 1.94 bits per heavy atom. The van der Waals surface area contributed by atoms with Crippen molar-refractivity contribution in [2.24, 2.45) is 0 Å². The molecule has 10 nitrogen and oxygen atoms in total. The topological polar surface area (TPSA) is 109 Å². The maximum absolute atomic E-state index is 13.7. The van der Waals surface area contributed by atoms with Gasteiger partial charge in [0.2, 0.25) is 5.91 Å². The largest absolute Gasteiger partial charge is 0.467 e. The van der Waals surface area contributed by atoms with E-state index < -0.39 is 0 Å². The third kappa shape index (κ3) is 5.13. The Morgan fingerprint density at radius 3 is 2.64 bits per heavy atom. The van der Waals surface area contributed by atoms with Gasteiger partial charge in [-0.3, -0.25) is 19.5 Å². The summed E-state index contributed by atoms with van der Waals surface area (Å²) in [7, 11) is 0. The molecule has 0 atom stereocenters. The molecule has 36 heavy (non-hydrogen) atoms. The first kappa shape index (κ1) is 23.7. The number of amides is 2. The zero-order chi connectivity index (χ0) is 25.1. The van der Waals surface area contributed by atoms with Crippen LogP contribution in [0.3, 0.4) is 0 Å². The predicted molar refractivity (Wildman–Crippen MR) is 134 cm³/mol. The number of fused-ring (bicyclic) bond motifs is 1. The van der Waals surface area contributed by atoms with E-state index in [2.05, 4.69) is 20.3 Å². The molecule has 0 unspecified atom stereocenters. The molecule has 1 N–H and O–H groups in total. The second-order valence-corrected chi connectivity index (χ2v) is 9.21. The average Bonchev–Trinajstić information content (AvgIpc) is 3.54. The summed E-state index contributed by atoms with van der Waals surface area (Å²) in [6, 6.07) is 9.41. The highest BCUT2D eigenvalue weighted by Crippen LogP contribution is 2.26. The minimum Gasteiger partial charge on any atom is -0.467 e. The maximum atomic E-state index is 13.7. The van der Waals surface area contributed by atoms with E-state index in [0.717, 1.165) is 11.3 Å². The molecule has 1 saturated heterocycles. The molecule has 2 amide bonds. The molecule has 1 aliphatic rings. The highest BCUT2D eigenvalue weighted by Gasteiger charge is 2.26. The smallest absolute Gasteiger partial charge is 0.254 e. The van der Waals surface area contributed by atoms with E-state index >= 15 is 0 Å². The van der Waals surface area contributed by atoms with Gasteiger partial charge in [-0.2, -0.15) is 5.10 Å². The van der Waals surface area contributed by atoms with Crippen LogP contribution in [-0.4, -0.2) is 80.1 Å². The second kappa shape index (κ2) is 10.3. The first-order valence-corrected chi connectivity index (χ1v) is 12.1. The lowest BCUT2D eigenvalue weighted by Crippen LogP contribution is -2.51. The van der Waals surface area contributed by atoms with Gasteiger partial charge in [-0.25, -0.2) is 9.67 Å². The van der Waals surface area contributed by atoms with Gasteiger partial charge in [-0.1, -0.05) is 0 Å². The standard InChI is InChI=1S/C26H29N7O3/c1-18(2)29-24(34)17-31-8-10-32(11-9-31)26(35)21-13-23(19-5-3-7-27-14-19)30-25-22(21)15-28-33(25)16-20-6-4-12-36-20/h3-7,12-15,18H,8-11,16-17H2,1-2H3,(H,29,34). The Bertz CT molecular complexity index is 1340. The van der Waals surface area contributed by atoms with Crippen LogP contribution in [0.2, 0.25) is 0 Å². The summed E-state index contributed by atoms with van der Waals surface area (Å²) in [6.07, 6.45) is 6.75. The summed E-state index contributed by atoms with van der Waals surface area (Å²) < 4.78 is 7.24. The molecule has 0 spiro atoms. The highest BCUT2D eigenvalue weighted by atomic mass is 16.3. The van der Waals surface area contributed by atoms with Crippen molar-refractivity contribution >= 4 is 22.8 Å². The summed E-state index contributed by atoms with van der Waals surface area (Å²) in [5.74, 6) is 0.682. The molecule has 0 aromatic carbocycles. The van der Waals surface area contributed by atoms with Crippen molar-refractivity contribution in [2.75, 3.05) is 32.7 Å². The van der Waals surface area contributed by atoms with E-state index in [9.17, 15) is 9.59 Å². The molecule has 0 radical (unpaired) electrons. The van der Waals surface area contributed by atoms with E-state index in [0.29, 0.717) is 61.6 Å². The van der Waals surface area contributed by atoms with Crippen LogP contribution < -0.4 is 5.32 Å². The number of nitrogens with one attached hydrogen (secondary N) is 1. The van der Waals surface area contributed by atoms with Crippen molar-refractivity contribution in [2.45, 2.75) is 26.4 Å². The number of pyridine rings is 2. The van der Waals surface area contributed by atoms with Crippen LogP contribution in [0.25, 0.3) is 22.3 Å². The molecule has 10 heteroatoms. The van der Waals surface area contributed by atoms with Crippen LogP contribution in [0.1, 0.15) is 30.0 Å². The zero-order valence-electron chi connectivity index (χ0n) is 20.4. The van der Waals surface area contributed by atoms with Crippen LogP contribution in [0.4, 0.5) is 0 Å². The van der Waals surface area contributed by atoms with Gasteiger partial charge in [0.15, 0.2) is 5.65 Å². The van der Waals surface area contributed by atoms with Crippen LogP contribution >= 0.6 is 0 Å². The third-order valence-electron chi connectivity index (χ3n) is 6.16. The molecule has 0 aliphatic carbocycles. The minimum atomic E-state index is -0.0728. The molecule has 4 aromatic rings. The SMILES string of the molecule is CC(C)NC(=O)CN1CCN(C(=O)c2cc(-c3cccnc3)nc3c2cnn3Cc2ccco2)CC1. The Labute approximate surface area is 208 Å². The van der Waals surface area contributed by atoms with Gasteiger partial charge >= 0.3 is 0 Å². The normalized spacial score (nSPS) is 14.5. The predicted octanol–water partition coefficient (Wildman–Crippen LogP) is 2.42. The molecule has 1 fully saturated rings. The maximum Gasteiger partial charge on any atom is 0.254 e. The Balaban J connectivity index is 1.41. The van der Waals surface area contributed by atoms with E-state index in [1.54, 1.807) is 29.5 Å². The fourth-order valence-corrected chi connectivity index (χ4v) is 4.40. The fourth-order valence-electron chi connectivity index (χ4n) is 4.40. The number of aromatic nitrogens is 4. The zero-order valence-corrected chi connectivity index (χ0v) is 20.4. The third-order valence-corrected chi connectivity index (χ3v) is 6.16. The van der Waals surface area contributed by atoms with Gasteiger partial charge < -0.3 is 14.6 Å². The average molecular weight is 488 g/mol. The first-order valence-electron chi connectivity index (χ1n) is 12.1. The van der Waals surface area contributed by atoms with Gasteiger partial charge in [0.1, 0.15) is 12.3 Å². The van der Waals surface area contributed by atoms with Crippen molar-refractivity contribution in [3.05, 3.63) is 66.5 Å². The summed E-state index contributed by atoms with van der Waals surface area (Å²) in [5.41, 5.74) is 2.64. The summed E-state index contributed by atoms with van der Waals surface area (Å²) in [6.45, 7) is 6.99. The van der Waals surface area contributed by atoms with Crippen LogP contribution in [-0.2, 0) is 11.3 Å². The van der Waals surface area contributed by atoms with E-state index in [1.165, 1.54) is 0 Å². The number of nitrogens with zero attached hydrogens (tertiary/aromatic N) is 6. The lowest BCUT2D eigenvalue weighted by Gasteiger charge is -2.34. The van der Waals surface area contributed by atoms with Crippen LogP contribution in [0.15, 0.2) is 59.6 Å². The van der Waals surface area contributed by atoms with Gasteiger partial charge in [0, 0.05) is 50.2 Å². The molecular weight excluding hydrogens is 458 g/mol. The van der Waals surface area contributed by atoms with Crippen molar-refractivity contribution in [3.8, 4) is 11.3 Å². The molecule has 4 aromatic heterocycles. The Kier molecular flexibility index (Phi) is 6.77. The monoisotopic (exact) mass is 487 g/mol. The number of piperazine rings is 1. The van der Waals surface area contributed by atoms with E-state index in [4.69, 9.17) is 9.40 Å². The fraction of sp³-hybridized carbons (Fsp3) is 0.346. The lowest BCUT2D eigenvalue weighted by molar-refractivity contribution is -0.123. The highest BCUT2D eigenvalue weighted by molar-refractivity contribution is 6.06. The van der Waals surface area contributed by atoms with E-state index in [-0.39, 0.29) is 17.9 Å². The number of rotatable bonds is 7. The molecule has 1 aliphatic heterocycles. The Morgan fingerprint density at radius 1 is 1.11 bits per heavy atom. The van der Waals surface area contributed by atoms with Gasteiger partial charge in [0.05, 0.1) is 35.6 Å². The molecular formula is C26H29N7O3. The van der Waals surface area contributed by atoms with Crippen molar-refractivity contribution in [1.82, 2.24) is 34.9 Å².